The molecule has 1 aromatic heterocycles. The first-order valence-electron chi connectivity index (χ1n) is 9.93. The normalized spacial score (nSPS) is 21.0. The molecule has 1 saturated carbocycles. The van der Waals surface area contributed by atoms with Crippen molar-refractivity contribution in [3.05, 3.63) is 53.5 Å². The highest BCUT2D eigenvalue weighted by Gasteiger charge is 2.49. The average molecular weight is 395 g/mol. The second-order valence-electron chi connectivity index (χ2n) is 7.83. The van der Waals surface area contributed by atoms with Gasteiger partial charge in [-0.15, -0.1) is 0 Å². The second-order valence-corrected chi connectivity index (χ2v) is 7.83. The van der Waals surface area contributed by atoms with Gasteiger partial charge >= 0.3 is 0 Å². The summed E-state index contributed by atoms with van der Waals surface area (Å²) in [6.45, 7) is 5.93. The first-order valence-corrected chi connectivity index (χ1v) is 9.93. The Bertz CT molecular complexity index is 930. The van der Waals surface area contributed by atoms with Gasteiger partial charge in [0.1, 0.15) is 0 Å². The lowest BCUT2D eigenvalue weighted by Gasteiger charge is -2.34. The number of carbonyl (C=O) groups is 3. The fourth-order valence-electron chi connectivity index (χ4n) is 3.73. The number of anilines is 1. The van der Waals surface area contributed by atoms with Gasteiger partial charge in [0.25, 0.3) is 5.91 Å². The molecule has 2 atom stereocenters. The number of piperazine rings is 1. The summed E-state index contributed by atoms with van der Waals surface area (Å²) < 4.78 is 5.16. The lowest BCUT2D eigenvalue weighted by molar-refractivity contribution is -0.135. The van der Waals surface area contributed by atoms with Gasteiger partial charge in [0.05, 0.1) is 18.1 Å². The number of rotatable bonds is 4. The van der Waals surface area contributed by atoms with Crippen LogP contribution in [-0.4, -0.2) is 53.7 Å². The average Bonchev–Trinajstić information content (AvgIpc) is 3.34. The van der Waals surface area contributed by atoms with Gasteiger partial charge in [-0.1, -0.05) is 6.07 Å². The Kier molecular flexibility index (Phi) is 5.13. The minimum Gasteiger partial charge on any atom is -0.459 e. The van der Waals surface area contributed by atoms with E-state index in [4.69, 9.17) is 4.42 Å². The Morgan fingerprint density at radius 1 is 0.966 bits per heavy atom. The molecule has 2 aromatic rings. The van der Waals surface area contributed by atoms with Gasteiger partial charge in [0.15, 0.2) is 5.76 Å². The maximum Gasteiger partial charge on any atom is 0.289 e. The SMILES string of the molecule is Cc1ccc(NC(=O)C2CC2C(=O)N2CCN(C(=O)c3ccco3)CC2)cc1C. The smallest absolute Gasteiger partial charge is 0.289 e. The van der Waals surface area contributed by atoms with E-state index >= 15 is 0 Å². The predicted molar refractivity (Wildman–Crippen MR) is 107 cm³/mol. The van der Waals surface area contributed by atoms with E-state index in [1.165, 1.54) is 11.8 Å². The van der Waals surface area contributed by atoms with Crippen LogP contribution in [0.3, 0.4) is 0 Å². The minimum atomic E-state index is -0.271. The van der Waals surface area contributed by atoms with Gasteiger partial charge in [-0.3, -0.25) is 14.4 Å². The largest absolute Gasteiger partial charge is 0.459 e. The van der Waals surface area contributed by atoms with Crippen LogP contribution in [0.15, 0.2) is 41.0 Å². The summed E-state index contributed by atoms with van der Waals surface area (Å²) in [5.74, 6) is -0.455. The Morgan fingerprint density at radius 2 is 1.69 bits per heavy atom. The third kappa shape index (κ3) is 4.04. The highest BCUT2D eigenvalue weighted by atomic mass is 16.3. The Hall–Kier alpha value is -3.09. The van der Waals surface area contributed by atoms with Crippen LogP contribution < -0.4 is 5.32 Å². The number of hydrogen-bond acceptors (Lipinski definition) is 4. The summed E-state index contributed by atoms with van der Waals surface area (Å²) in [5, 5.41) is 2.92. The van der Waals surface area contributed by atoms with Gasteiger partial charge in [-0.2, -0.15) is 0 Å². The lowest BCUT2D eigenvalue weighted by Crippen LogP contribution is -2.51. The molecule has 1 N–H and O–H groups in total. The molecule has 4 rings (SSSR count). The minimum absolute atomic E-state index is 0.00957. The van der Waals surface area contributed by atoms with Crippen LogP contribution in [0.1, 0.15) is 28.1 Å². The van der Waals surface area contributed by atoms with E-state index in [9.17, 15) is 14.4 Å². The molecule has 2 fully saturated rings. The number of nitrogens with zero attached hydrogens (tertiary/aromatic N) is 2. The van der Waals surface area contributed by atoms with Crippen LogP contribution >= 0.6 is 0 Å². The molecule has 7 nitrogen and oxygen atoms in total. The van der Waals surface area contributed by atoms with Crippen LogP contribution in [0.2, 0.25) is 0 Å². The van der Waals surface area contributed by atoms with Crippen LogP contribution in [0.25, 0.3) is 0 Å². The monoisotopic (exact) mass is 395 g/mol. The maximum absolute atomic E-state index is 12.8. The Balaban J connectivity index is 1.27. The third-order valence-electron chi connectivity index (χ3n) is 5.83. The highest BCUT2D eigenvalue weighted by molar-refractivity contribution is 5.99. The summed E-state index contributed by atoms with van der Waals surface area (Å²) >= 11 is 0. The molecular formula is C22H25N3O4. The number of hydrogen-bond donors (Lipinski definition) is 1. The zero-order chi connectivity index (χ0) is 20.5. The lowest BCUT2D eigenvalue weighted by atomic mass is 10.1. The Morgan fingerprint density at radius 3 is 2.34 bits per heavy atom. The summed E-state index contributed by atoms with van der Waals surface area (Å²) in [4.78, 5) is 41.0. The number of amides is 3. The van der Waals surface area contributed by atoms with E-state index in [0.717, 1.165) is 11.3 Å². The molecule has 7 heteroatoms. The van der Waals surface area contributed by atoms with E-state index in [1.54, 1.807) is 21.9 Å². The molecule has 0 spiro atoms. The molecule has 0 bridgehead atoms. The van der Waals surface area contributed by atoms with Crippen molar-refractivity contribution in [3.8, 4) is 0 Å². The molecule has 1 aliphatic carbocycles. The molecule has 29 heavy (non-hydrogen) atoms. The van der Waals surface area contributed by atoms with E-state index in [0.29, 0.717) is 38.4 Å². The summed E-state index contributed by atoms with van der Waals surface area (Å²) in [6, 6.07) is 9.13. The van der Waals surface area contributed by atoms with Gasteiger partial charge in [-0.05, 0) is 55.7 Å². The first kappa shape index (κ1) is 19.2. The molecule has 0 radical (unpaired) electrons. The number of carbonyl (C=O) groups excluding carboxylic acids is 3. The number of nitrogens with one attached hydrogen (secondary N) is 1. The van der Waals surface area contributed by atoms with Crippen molar-refractivity contribution in [2.45, 2.75) is 20.3 Å². The molecule has 2 aliphatic rings. The zero-order valence-corrected chi connectivity index (χ0v) is 16.7. The van der Waals surface area contributed by atoms with E-state index in [2.05, 4.69) is 5.32 Å². The molecule has 152 valence electrons. The van der Waals surface area contributed by atoms with Crippen molar-refractivity contribution in [2.75, 3.05) is 31.5 Å². The number of furan rings is 1. The van der Waals surface area contributed by atoms with Gasteiger partial charge < -0.3 is 19.5 Å². The van der Waals surface area contributed by atoms with E-state index in [-0.39, 0.29) is 29.6 Å². The molecule has 2 heterocycles. The fraction of sp³-hybridized carbons (Fsp3) is 0.409. The van der Waals surface area contributed by atoms with Crippen molar-refractivity contribution in [1.29, 1.82) is 0 Å². The summed E-state index contributed by atoms with van der Waals surface area (Å²) in [5.41, 5.74) is 3.06. The number of aryl methyl sites for hydroxylation is 2. The molecule has 1 aliphatic heterocycles. The van der Waals surface area contributed by atoms with Crippen molar-refractivity contribution in [3.63, 3.8) is 0 Å². The Labute approximate surface area is 169 Å². The van der Waals surface area contributed by atoms with Crippen LogP contribution in [0, 0.1) is 25.7 Å². The van der Waals surface area contributed by atoms with Crippen molar-refractivity contribution in [1.82, 2.24) is 9.80 Å². The van der Waals surface area contributed by atoms with E-state index < -0.39 is 0 Å². The molecule has 3 amide bonds. The summed E-state index contributed by atoms with van der Waals surface area (Å²) in [6.07, 6.45) is 2.06. The number of benzene rings is 1. The van der Waals surface area contributed by atoms with Gasteiger partial charge in [0.2, 0.25) is 11.8 Å². The van der Waals surface area contributed by atoms with Crippen molar-refractivity contribution in [2.24, 2.45) is 11.8 Å². The summed E-state index contributed by atoms with van der Waals surface area (Å²) in [7, 11) is 0. The third-order valence-corrected chi connectivity index (χ3v) is 5.83. The topological polar surface area (TPSA) is 82.9 Å². The van der Waals surface area contributed by atoms with Crippen molar-refractivity contribution < 1.29 is 18.8 Å². The molecule has 1 aromatic carbocycles. The van der Waals surface area contributed by atoms with Gasteiger partial charge in [-0.25, -0.2) is 0 Å². The quantitative estimate of drug-likeness (QED) is 0.862. The standard InChI is InChI=1S/C22H25N3O4/c1-14-5-6-16(12-15(14)2)23-20(26)17-13-18(17)21(27)24-7-9-25(10-8-24)22(28)19-4-3-11-29-19/h3-6,11-12,17-18H,7-10,13H2,1-2H3,(H,23,26). The highest BCUT2D eigenvalue weighted by Crippen LogP contribution is 2.41. The van der Waals surface area contributed by atoms with Gasteiger partial charge in [0, 0.05) is 31.9 Å². The first-order chi connectivity index (χ1) is 13.9. The van der Waals surface area contributed by atoms with Crippen molar-refractivity contribution >= 4 is 23.4 Å². The molecular weight excluding hydrogens is 370 g/mol. The zero-order valence-electron chi connectivity index (χ0n) is 16.7. The van der Waals surface area contributed by atoms with Crippen LogP contribution in [0.4, 0.5) is 5.69 Å². The maximum atomic E-state index is 12.8. The fourth-order valence-corrected chi connectivity index (χ4v) is 3.73. The molecule has 2 unspecified atom stereocenters. The molecule has 1 saturated heterocycles. The predicted octanol–water partition coefficient (Wildman–Crippen LogP) is 2.46. The van der Waals surface area contributed by atoms with Crippen LogP contribution in [-0.2, 0) is 9.59 Å². The van der Waals surface area contributed by atoms with E-state index in [1.807, 2.05) is 32.0 Å². The van der Waals surface area contributed by atoms with Crippen LogP contribution in [0.5, 0.6) is 0 Å². The second kappa shape index (κ2) is 7.73.